The number of carbonyl (C=O) groups excluding carboxylic acids is 3. The number of rotatable bonds is 8. The Morgan fingerprint density at radius 3 is 2.10 bits per heavy atom. The highest BCUT2D eigenvalue weighted by Crippen LogP contribution is 2.33. The van der Waals surface area contributed by atoms with Gasteiger partial charge in [0.15, 0.2) is 0 Å². The second-order valence-corrected chi connectivity index (χ2v) is 12.1. The standard InChI is InChI=1S/C32H43N3O4/c1-11-23-17-13-14-18-24(23)27(28(36)33-25-19-15-12-16-22(25)4)35(31(5,6)7)29(37)26(20-21(2)3)34-30(38)39-32(8,9)10/h1,12-19,21,26-27H,20H2,2-10H3,(H,33,36)(H,34,38). The summed E-state index contributed by atoms with van der Waals surface area (Å²) in [6.07, 6.45) is 5.50. The van der Waals surface area contributed by atoms with Crippen molar-refractivity contribution in [1.82, 2.24) is 10.2 Å². The molecule has 0 bridgehead atoms. The average Bonchev–Trinajstić information content (AvgIpc) is 2.80. The van der Waals surface area contributed by atoms with Crippen LogP contribution in [0, 0.1) is 25.2 Å². The monoisotopic (exact) mass is 533 g/mol. The fraction of sp³-hybridized carbons (Fsp3) is 0.469. The van der Waals surface area contributed by atoms with Crippen LogP contribution >= 0.6 is 0 Å². The number of carbonyl (C=O) groups is 3. The smallest absolute Gasteiger partial charge is 0.408 e. The molecule has 0 saturated carbocycles. The number of benzene rings is 2. The molecule has 0 saturated heterocycles. The Bertz CT molecular complexity index is 1210. The number of amides is 3. The van der Waals surface area contributed by atoms with Crippen molar-refractivity contribution < 1.29 is 19.1 Å². The molecule has 2 unspecified atom stereocenters. The Hall–Kier alpha value is -3.79. The summed E-state index contributed by atoms with van der Waals surface area (Å²) in [6, 6.07) is 12.5. The average molecular weight is 534 g/mol. The first-order valence-electron chi connectivity index (χ1n) is 13.3. The second kappa shape index (κ2) is 12.8. The number of aryl methyl sites for hydroxylation is 1. The van der Waals surface area contributed by atoms with Crippen LogP contribution < -0.4 is 10.6 Å². The SMILES string of the molecule is C#Cc1ccccc1C(C(=O)Nc1ccccc1C)N(C(=O)C(CC(C)C)NC(=O)OC(C)(C)C)C(C)(C)C. The van der Waals surface area contributed by atoms with E-state index >= 15 is 0 Å². The number of alkyl carbamates (subject to hydrolysis) is 1. The number of para-hydroxylation sites is 1. The molecule has 3 amide bonds. The summed E-state index contributed by atoms with van der Waals surface area (Å²) in [6.45, 7) is 16.7. The minimum atomic E-state index is -1.07. The van der Waals surface area contributed by atoms with Gasteiger partial charge in [-0.25, -0.2) is 4.79 Å². The number of nitrogens with zero attached hydrogens (tertiary/aromatic N) is 1. The molecule has 0 aliphatic heterocycles. The van der Waals surface area contributed by atoms with Gasteiger partial charge in [-0.2, -0.15) is 0 Å². The number of terminal acetylenes is 1. The molecule has 0 aliphatic rings. The molecule has 0 fully saturated rings. The Balaban J connectivity index is 2.66. The minimum Gasteiger partial charge on any atom is -0.444 e. The van der Waals surface area contributed by atoms with Gasteiger partial charge in [-0.15, -0.1) is 6.42 Å². The topological polar surface area (TPSA) is 87.7 Å². The maximum absolute atomic E-state index is 14.4. The molecule has 210 valence electrons. The molecule has 2 N–H and O–H groups in total. The lowest BCUT2D eigenvalue weighted by Crippen LogP contribution is -2.58. The van der Waals surface area contributed by atoms with Crippen LogP contribution in [0.25, 0.3) is 0 Å². The molecule has 0 aliphatic carbocycles. The Morgan fingerprint density at radius 1 is 0.974 bits per heavy atom. The first kappa shape index (κ1) is 31.4. The van der Waals surface area contributed by atoms with Crippen LogP contribution in [0.4, 0.5) is 10.5 Å². The lowest BCUT2D eigenvalue weighted by molar-refractivity contribution is -0.147. The van der Waals surface area contributed by atoms with Crippen molar-refractivity contribution in [1.29, 1.82) is 0 Å². The predicted octanol–water partition coefficient (Wildman–Crippen LogP) is 6.22. The summed E-state index contributed by atoms with van der Waals surface area (Å²) < 4.78 is 5.46. The zero-order chi connectivity index (χ0) is 29.5. The molecular weight excluding hydrogens is 490 g/mol. The summed E-state index contributed by atoms with van der Waals surface area (Å²) in [5.74, 6) is 1.93. The van der Waals surface area contributed by atoms with E-state index in [0.717, 1.165) is 5.56 Å². The van der Waals surface area contributed by atoms with Crippen LogP contribution in [-0.2, 0) is 14.3 Å². The van der Waals surface area contributed by atoms with Crippen molar-refractivity contribution in [3.05, 3.63) is 65.2 Å². The molecule has 0 radical (unpaired) electrons. The van der Waals surface area contributed by atoms with E-state index in [1.165, 1.54) is 4.90 Å². The third-order valence-corrected chi connectivity index (χ3v) is 5.98. The van der Waals surface area contributed by atoms with Gasteiger partial charge in [0.05, 0.1) is 0 Å². The van der Waals surface area contributed by atoms with Crippen LogP contribution in [0.5, 0.6) is 0 Å². The van der Waals surface area contributed by atoms with Crippen LogP contribution in [-0.4, -0.2) is 40.0 Å². The first-order chi connectivity index (χ1) is 18.0. The summed E-state index contributed by atoms with van der Waals surface area (Å²) in [4.78, 5) is 42.8. The molecular formula is C32H43N3O4. The highest BCUT2D eigenvalue weighted by atomic mass is 16.6. The number of anilines is 1. The van der Waals surface area contributed by atoms with Crippen LogP contribution in [0.15, 0.2) is 48.5 Å². The lowest BCUT2D eigenvalue weighted by atomic mass is 9.91. The van der Waals surface area contributed by atoms with Crippen molar-refractivity contribution in [2.24, 2.45) is 5.92 Å². The normalized spacial score (nSPS) is 13.2. The Morgan fingerprint density at radius 2 is 1.56 bits per heavy atom. The Kier molecular flexibility index (Phi) is 10.3. The van der Waals surface area contributed by atoms with Gasteiger partial charge in [0.1, 0.15) is 17.7 Å². The van der Waals surface area contributed by atoms with E-state index in [-0.39, 0.29) is 5.92 Å². The summed E-state index contributed by atoms with van der Waals surface area (Å²) >= 11 is 0. The van der Waals surface area contributed by atoms with Gasteiger partial charge in [-0.05, 0) is 84.1 Å². The van der Waals surface area contributed by atoms with Gasteiger partial charge in [0.25, 0.3) is 5.91 Å². The molecule has 7 heteroatoms. The fourth-order valence-corrected chi connectivity index (χ4v) is 4.33. The molecule has 7 nitrogen and oxygen atoms in total. The first-order valence-corrected chi connectivity index (χ1v) is 13.3. The molecule has 2 rings (SSSR count). The number of nitrogens with one attached hydrogen (secondary N) is 2. The highest BCUT2D eigenvalue weighted by molar-refractivity contribution is 6.00. The second-order valence-electron chi connectivity index (χ2n) is 12.1. The number of ether oxygens (including phenoxy) is 1. The number of hydrogen-bond donors (Lipinski definition) is 2. The third-order valence-electron chi connectivity index (χ3n) is 5.98. The van der Waals surface area contributed by atoms with Crippen molar-refractivity contribution in [2.45, 2.75) is 92.0 Å². The highest BCUT2D eigenvalue weighted by Gasteiger charge is 2.42. The largest absolute Gasteiger partial charge is 0.444 e. The maximum atomic E-state index is 14.4. The Labute approximate surface area is 233 Å². The quantitative estimate of drug-likeness (QED) is 0.394. The van der Waals surface area contributed by atoms with E-state index in [0.29, 0.717) is 23.2 Å². The minimum absolute atomic E-state index is 0.0768. The molecule has 0 aromatic heterocycles. The summed E-state index contributed by atoms with van der Waals surface area (Å²) in [5, 5.41) is 5.77. The molecule has 2 atom stereocenters. The van der Waals surface area contributed by atoms with Crippen LogP contribution in [0.3, 0.4) is 0 Å². The van der Waals surface area contributed by atoms with Crippen molar-refractivity contribution >= 4 is 23.6 Å². The van der Waals surface area contributed by atoms with Gasteiger partial charge in [0, 0.05) is 16.8 Å². The van der Waals surface area contributed by atoms with Crippen molar-refractivity contribution in [3.63, 3.8) is 0 Å². The van der Waals surface area contributed by atoms with Crippen molar-refractivity contribution in [3.8, 4) is 12.3 Å². The van der Waals surface area contributed by atoms with E-state index in [1.807, 2.05) is 65.8 Å². The van der Waals surface area contributed by atoms with E-state index in [4.69, 9.17) is 11.2 Å². The van der Waals surface area contributed by atoms with Crippen LogP contribution in [0.2, 0.25) is 0 Å². The van der Waals surface area contributed by atoms with E-state index in [9.17, 15) is 14.4 Å². The molecule has 2 aromatic carbocycles. The number of hydrogen-bond acceptors (Lipinski definition) is 4. The van der Waals surface area contributed by atoms with Gasteiger partial charge in [-0.1, -0.05) is 56.2 Å². The zero-order valence-electron chi connectivity index (χ0n) is 24.7. The third kappa shape index (κ3) is 8.88. The molecule has 0 heterocycles. The summed E-state index contributed by atoms with van der Waals surface area (Å²) in [7, 11) is 0. The van der Waals surface area contributed by atoms with Gasteiger partial charge >= 0.3 is 6.09 Å². The van der Waals surface area contributed by atoms with Gasteiger partial charge in [-0.3, -0.25) is 9.59 Å². The zero-order valence-corrected chi connectivity index (χ0v) is 24.7. The molecule has 0 spiro atoms. The van der Waals surface area contributed by atoms with Crippen LogP contribution in [0.1, 0.15) is 84.5 Å². The molecule has 2 aromatic rings. The predicted molar refractivity (Wildman–Crippen MR) is 156 cm³/mol. The summed E-state index contributed by atoms with van der Waals surface area (Å²) in [5.41, 5.74) is 0.989. The van der Waals surface area contributed by atoms with Crippen molar-refractivity contribution in [2.75, 3.05) is 5.32 Å². The maximum Gasteiger partial charge on any atom is 0.408 e. The van der Waals surface area contributed by atoms with E-state index in [1.54, 1.807) is 45.0 Å². The van der Waals surface area contributed by atoms with Gasteiger partial charge in [0.2, 0.25) is 5.91 Å². The lowest BCUT2D eigenvalue weighted by Gasteiger charge is -2.43. The van der Waals surface area contributed by atoms with E-state index in [2.05, 4.69) is 16.6 Å². The molecule has 39 heavy (non-hydrogen) atoms. The fourth-order valence-electron chi connectivity index (χ4n) is 4.33. The van der Waals surface area contributed by atoms with Gasteiger partial charge < -0.3 is 20.3 Å². The van der Waals surface area contributed by atoms with E-state index < -0.39 is 41.1 Å².